The van der Waals surface area contributed by atoms with Gasteiger partial charge in [0.2, 0.25) is 0 Å². The molecule has 0 bridgehead atoms. The third kappa shape index (κ3) is 3.11. The number of nitrogens with one attached hydrogen (secondary N) is 2. The molecule has 110 valence electrons. The van der Waals surface area contributed by atoms with E-state index in [1.54, 1.807) is 0 Å². The second-order valence-corrected chi connectivity index (χ2v) is 6.73. The molecule has 0 heterocycles. The number of rotatable bonds is 4. The van der Waals surface area contributed by atoms with Gasteiger partial charge in [0.05, 0.1) is 0 Å². The van der Waals surface area contributed by atoms with E-state index in [-0.39, 0.29) is 0 Å². The van der Waals surface area contributed by atoms with Crippen LogP contribution in [0, 0.1) is 13.8 Å². The van der Waals surface area contributed by atoms with E-state index in [9.17, 15) is 0 Å². The summed E-state index contributed by atoms with van der Waals surface area (Å²) in [7, 11) is 0. The Morgan fingerprint density at radius 3 is 1.50 bits per heavy atom. The van der Waals surface area contributed by atoms with Crippen LogP contribution in [-0.4, -0.2) is 12.1 Å². The van der Waals surface area contributed by atoms with Gasteiger partial charge in [0.15, 0.2) is 0 Å². The van der Waals surface area contributed by atoms with Gasteiger partial charge in [-0.05, 0) is 56.7 Å². The van der Waals surface area contributed by atoms with Crippen LogP contribution in [0.4, 0.5) is 11.4 Å². The van der Waals surface area contributed by atoms with E-state index in [2.05, 4.69) is 36.6 Å². The second kappa shape index (κ2) is 6.07. The van der Waals surface area contributed by atoms with E-state index in [4.69, 9.17) is 0 Å². The summed E-state index contributed by atoms with van der Waals surface area (Å²) in [5.41, 5.74) is 5.43. The first-order chi connectivity index (χ1) is 9.72. The molecule has 20 heavy (non-hydrogen) atoms. The molecule has 0 atom stereocenters. The van der Waals surface area contributed by atoms with Crippen LogP contribution in [0.5, 0.6) is 0 Å². The van der Waals surface area contributed by atoms with Crippen molar-refractivity contribution in [2.75, 3.05) is 10.6 Å². The van der Waals surface area contributed by atoms with Crippen LogP contribution in [0.25, 0.3) is 0 Å². The molecule has 1 aromatic carbocycles. The SMILES string of the molecule is Cc1cc(C)c(NC2CCCC2)cc1NC1CCCC1. The van der Waals surface area contributed by atoms with Crippen molar-refractivity contribution >= 4 is 11.4 Å². The first-order valence-electron chi connectivity index (χ1n) is 8.37. The molecule has 0 radical (unpaired) electrons. The fourth-order valence-corrected chi connectivity index (χ4v) is 3.74. The van der Waals surface area contributed by atoms with E-state index >= 15 is 0 Å². The third-order valence-electron chi connectivity index (χ3n) is 5.00. The molecule has 0 unspecified atom stereocenters. The Kier molecular flexibility index (Phi) is 4.18. The molecule has 0 spiro atoms. The van der Waals surface area contributed by atoms with Crippen LogP contribution < -0.4 is 10.6 Å². The molecule has 2 N–H and O–H groups in total. The molecule has 2 aliphatic carbocycles. The maximum atomic E-state index is 3.76. The zero-order chi connectivity index (χ0) is 13.9. The predicted molar refractivity (Wildman–Crippen MR) is 87.7 cm³/mol. The van der Waals surface area contributed by atoms with E-state index < -0.39 is 0 Å². The van der Waals surface area contributed by atoms with Crippen LogP contribution in [0.1, 0.15) is 62.5 Å². The van der Waals surface area contributed by atoms with Crippen molar-refractivity contribution in [2.45, 2.75) is 77.3 Å². The summed E-state index contributed by atoms with van der Waals surface area (Å²) in [6.45, 7) is 4.45. The number of hydrogen-bond donors (Lipinski definition) is 2. The van der Waals surface area contributed by atoms with Crippen molar-refractivity contribution in [3.8, 4) is 0 Å². The van der Waals surface area contributed by atoms with Gasteiger partial charge < -0.3 is 10.6 Å². The van der Waals surface area contributed by atoms with Crippen molar-refractivity contribution < 1.29 is 0 Å². The predicted octanol–water partition coefficient (Wildman–Crippen LogP) is 5.01. The Bertz CT molecular complexity index is 415. The molecular weight excluding hydrogens is 244 g/mol. The summed E-state index contributed by atoms with van der Waals surface area (Å²) in [5.74, 6) is 0. The zero-order valence-electron chi connectivity index (χ0n) is 13.0. The molecule has 2 aliphatic rings. The lowest BCUT2D eigenvalue weighted by Gasteiger charge is -2.21. The summed E-state index contributed by atoms with van der Waals surface area (Å²) < 4.78 is 0. The van der Waals surface area contributed by atoms with Crippen molar-refractivity contribution in [1.82, 2.24) is 0 Å². The van der Waals surface area contributed by atoms with Gasteiger partial charge in [-0.3, -0.25) is 0 Å². The second-order valence-electron chi connectivity index (χ2n) is 6.73. The number of hydrogen-bond acceptors (Lipinski definition) is 2. The van der Waals surface area contributed by atoms with Gasteiger partial charge in [0, 0.05) is 23.5 Å². The molecule has 2 nitrogen and oxygen atoms in total. The smallest absolute Gasteiger partial charge is 0.0392 e. The maximum Gasteiger partial charge on any atom is 0.0392 e. The van der Waals surface area contributed by atoms with Crippen molar-refractivity contribution in [3.63, 3.8) is 0 Å². The Balaban J connectivity index is 1.74. The first kappa shape index (κ1) is 13.8. The van der Waals surface area contributed by atoms with Gasteiger partial charge in [-0.15, -0.1) is 0 Å². The maximum absolute atomic E-state index is 3.76. The van der Waals surface area contributed by atoms with Crippen LogP contribution in [0.3, 0.4) is 0 Å². The molecule has 2 heteroatoms. The molecule has 0 aliphatic heterocycles. The molecular formula is C18H28N2. The van der Waals surface area contributed by atoms with E-state index in [1.807, 2.05) is 0 Å². The lowest BCUT2D eigenvalue weighted by molar-refractivity contribution is 0.750. The molecule has 3 rings (SSSR count). The van der Waals surface area contributed by atoms with Crippen LogP contribution in [0.15, 0.2) is 12.1 Å². The van der Waals surface area contributed by atoms with Gasteiger partial charge in [-0.2, -0.15) is 0 Å². The average Bonchev–Trinajstić information content (AvgIpc) is 3.08. The third-order valence-corrected chi connectivity index (χ3v) is 5.00. The molecule has 1 aromatic rings. The Hall–Kier alpha value is -1.18. The lowest BCUT2D eigenvalue weighted by Crippen LogP contribution is -2.18. The molecule has 2 saturated carbocycles. The average molecular weight is 272 g/mol. The van der Waals surface area contributed by atoms with Gasteiger partial charge in [-0.1, -0.05) is 31.7 Å². The minimum Gasteiger partial charge on any atom is -0.382 e. The van der Waals surface area contributed by atoms with Crippen molar-refractivity contribution in [3.05, 3.63) is 23.3 Å². The highest BCUT2D eigenvalue weighted by atomic mass is 15.0. The number of benzene rings is 1. The molecule has 0 aromatic heterocycles. The first-order valence-corrected chi connectivity index (χ1v) is 8.37. The Labute approximate surface area is 123 Å². The molecule has 0 saturated heterocycles. The topological polar surface area (TPSA) is 24.1 Å². The quantitative estimate of drug-likeness (QED) is 0.805. The Morgan fingerprint density at radius 2 is 1.10 bits per heavy atom. The van der Waals surface area contributed by atoms with Crippen LogP contribution in [0.2, 0.25) is 0 Å². The minimum absolute atomic E-state index is 0.690. The number of aryl methyl sites for hydroxylation is 2. The van der Waals surface area contributed by atoms with Crippen molar-refractivity contribution in [2.24, 2.45) is 0 Å². The Morgan fingerprint density at radius 1 is 0.700 bits per heavy atom. The van der Waals surface area contributed by atoms with E-state index in [0.717, 1.165) is 0 Å². The standard InChI is InChI=1S/C18H28N2/c1-13-11-14(2)18(20-16-9-5-6-10-16)12-17(13)19-15-7-3-4-8-15/h11-12,15-16,19-20H,3-10H2,1-2H3. The minimum atomic E-state index is 0.690. The van der Waals surface area contributed by atoms with Gasteiger partial charge in [-0.25, -0.2) is 0 Å². The zero-order valence-corrected chi connectivity index (χ0v) is 13.0. The summed E-state index contributed by atoms with van der Waals surface area (Å²) in [6, 6.07) is 6.06. The van der Waals surface area contributed by atoms with Gasteiger partial charge in [0.1, 0.15) is 0 Å². The largest absolute Gasteiger partial charge is 0.382 e. The van der Waals surface area contributed by atoms with Gasteiger partial charge >= 0.3 is 0 Å². The molecule has 2 fully saturated rings. The number of anilines is 2. The fraction of sp³-hybridized carbons (Fsp3) is 0.667. The molecule has 0 amide bonds. The highest BCUT2D eigenvalue weighted by Gasteiger charge is 2.18. The summed E-state index contributed by atoms with van der Waals surface area (Å²) in [4.78, 5) is 0. The van der Waals surface area contributed by atoms with Gasteiger partial charge in [0.25, 0.3) is 0 Å². The van der Waals surface area contributed by atoms with Crippen LogP contribution in [-0.2, 0) is 0 Å². The monoisotopic (exact) mass is 272 g/mol. The highest BCUT2D eigenvalue weighted by Crippen LogP contribution is 2.30. The fourth-order valence-electron chi connectivity index (χ4n) is 3.74. The van der Waals surface area contributed by atoms with E-state index in [0.29, 0.717) is 12.1 Å². The van der Waals surface area contributed by atoms with E-state index in [1.165, 1.54) is 73.9 Å². The lowest BCUT2D eigenvalue weighted by atomic mass is 10.1. The summed E-state index contributed by atoms with van der Waals surface area (Å²) >= 11 is 0. The summed E-state index contributed by atoms with van der Waals surface area (Å²) in [6.07, 6.45) is 10.9. The highest BCUT2D eigenvalue weighted by molar-refractivity contribution is 5.65. The normalized spacial score (nSPS) is 20.5. The van der Waals surface area contributed by atoms with Crippen LogP contribution >= 0.6 is 0 Å². The summed E-state index contributed by atoms with van der Waals surface area (Å²) in [5, 5.41) is 7.52. The van der Waals surface area contributed by atoms with Crippen molar-refractivity contribution in [1.29, 1.82) is 0 Å².